The van der Waals surface area contributed by atoms with Crippen molar-refractivity contribution in [2.45, 2.75) is 0 Å². The third-order valence-corrected chi connectivity index (χ3v) is 3.26. The fraction of sp³-hybridized carbons (Fsp3) is 0.462. The molecule has 0 aromatic heterocycles. The summed E-state index contributed by atoms with van der Waals surface area (Å²) in [5, 5.41) is 0.360. The maximum Gasteiger partial charge on any atom is 0.254 e. The van der Waals surface area contributed by atoms with Gasteiger partial charge in [0.1, 0.15) is 0 Å². The molecule has 0 radical (unpaired) electrons. The molecule has 0 N–H and O–H groups in total. The zero-order chi connectivity index (χ0) is 13.8. The number of carbonyl (C=O) groups excluding carboxylic acids is 1. The van der Waals surface area contributed by atoms with E-state index in [2.05, 4.69) is 0 Å². The molecule has 104 valence electrons. The van der Waals surface area contributed by atoms with Crippen LogP contribution in [0.1, 0.15) is 10.4 Å². The second-order valence-corrected chi connectivity index (χ2v) is 4.51. The number of amides is 1. The first-order valence-electron chi connectivity index (χ1n) is 5.96. The number of methoxy groups -OCH3 is 2. The fourth-order valence-corrected chi connectivity index (χ4v) is 2.28. The third kappa shape index (κ3) is 2.93. The Morgan fingerprint density at radius 2 is 1.95 bits per heavy atom. The Balaban J connectivity index is 2.29. The van der Waals surface area contributed by atoms with Crippen LogP contribution in [0, 0.1) is 0 Å². The number of rotatable bonds is 3. The highest BCUT2D eigenvalue weighted by Crippen LogP contribution is 2.36. The summed E-state index contributed by atoms with van der Waals surface area (Å²) in [6.45, 7) is 2.30. The van der Waals surface area contributed by atoms with Gasteiger partial charge in [0.05, 0.1) is 32.5 Å². The van der Waals surface area contributed by atoms with E-state index >= 15 is 0 Å². The van der Waals surface area contributed by atoms with Crippen molar-refractivity contribution in [3.05, 3.63) is 22.7 Å². The van der Waals surface area contributed by atoms with Crippen LogP contribution in [0.15, 0.2) is 12.1 Å². The minimum Gasteiger partial charge on any atom is -0.493 e. The van der Waals surface area contributed by atoms with Gasteiger partial charge in [-0.2, -0.15) is 0 Å². The van der Waals surface area contributed by atoms with Gasteiger partial charge in [0.15, 0.2) is 11.5 Å². The van der Waals surface area contributed by atoms with E-state index in [-0.39, 0.29) is 5.91 Å². The average Bonchev–Trinajstić information content (AvgIpc) is 2.46. The Bertz CT molecular complexity index is 472. The second kappa shape index (κ2) is 6.12. The molecule has 0 atom stereocenters. The number of benzene rings is 1. The lowest BCUT2D eigenvalue weighted by Crippen LogP contribution is -2.40. The first-order chi connectivity index (χ1) is 9.17. The van der Waals surface area contributed by atoms with Crippen LogP contribution in [0.25, 0.3) is 0 Å². The smallest absolute Gasteiger partial charge is 0.254 e. The van der Waals surface area contributed by atoms with Crippen molar-refractivity contribution in [3.8, 4) is 11.5 Å². The van der Waals surface area contributed by atoms with E-state index in [0.29, 0.717) is 48.4 Å². The topological polar surface area (TPSA) is 48.0 Å². The van der Waals surface area contributed by atoms with Crippen LogP contribution in [0.4, 0.5) is 0 Å². The summed E-state index contributed by atoms with van der Waals surface area (Å²) in [6, 6.07) is 3.24. The van der Waals surface area contributed by atoms with Crippen molar-refractivity contribution < 1.29 is 19.0 Å². The maximum atomic E-state index is 12.3. The van der Waals surface area contributed by atoms with Gasteiger partial charge in [0.25, 0.3) is 5.91 Å². The number of morpholine rings is 1. The van der Waals surface area contributed by atoms with Gasteiger partial charge in [-0.25, -0.2) is 0 Å². The quantitative estimate of drug-likeness (QED) is 0.850. The van der Waals surface area contributed by atoms with Crippen molar-refractivity contribution in [2.75, 3.05) is 40.5 Å². The Labute approximate surface area is 117 Å². The summed E-state index contributed by atoms with van der Waals surface area (Å²) >= 11 is 6.10. The fourth-order valence-electron chi connectivity index (χ4n) is 1.99. The monoisotopic (exact) mass is 285 g/mol. The standard InChI is InChI=1S/C13H16ClNO4/c1-17-11-8-9(7-10(14)12(11)18-2)13(16)15-3-5-19-6-4-15/h7-8H,3-6H2,1-2H3. The molecule has 1 amide bonds. The number of hydrogen-bond donors (Lipinski definition) is 0. The highest BCUT2D eigenvalue weighted by atomic mass is 35.5. The first-order valence-corrected chi connectivity index (χ1v) is 6.33. The van der Waals surface area contributed by atoms with E-state index in [9.17, 15) is 4.79 Å². The zero-order valence-electron chi connectivity index (χ0n) is 10.9. The average molecular weight is 286 g/mol. The molecule has 1 aliphatic rings. The number of hydrogen-bond acceptors (Lipinski definition) is 4. The van der Waals surface area contributed by atoms with Gasteiger partial charge in [0, 0.05) is 18.7 Å². The largest absolute Gasteiger partial charge is 0.493 e. The molecule has 1 saturated heterocycles. The third-order valence-electron chi connectivity index (χ3n) is 2.98. The molecule has 0 saturated carbocycles. The van der Waals surface area contributed by atoms with E-state index in [4.69, 9.17) is 25.8 Å². The Kier molecular flexibility index (Phi) is 4.50. The molecule has 2 rings (SSSR count). The number of carbonyl (C=O) groups is 1. The number of nitrogens with zero attached hydrogens (tertiary/aromatic N) is 1. The van der Waals surface area contributed by atoms with Gasteiger partial charge in [-0.15, -0.1) is 0 Å². The van der Waals surface area contributed by atoms with Gasteiger partial charge >= 0.3 is 0 Å². The molecule has 1 fully saturated rings. The number of halogens is 1. The van der Waals surface area contributed by atoms with Crippen molar-refractivity contribution in [1.29, 1.82) is 0 Å². The minimum absolute atomic E-state index is 0.0776. The zero-order valence-corrected chi connectivity index (χ0v) is 11.7. The van der Waals surface area contributed by atoms with Crippen molar-refractivity contribution >= 4 is 17.5 Å². The van der Waals surface area contributed by atoms with Crippen molar-refractivity contribution in [3.63, 3.8) is 0 Å². The lowest BCUT2D eigenvalue weighted by atomic mass is 10.1. The van der Waals surface area contributed by atoms with Crippen molar-refractivity contribution in [2.24, 2.45) is 0 Å². The lowest BCUT2D eigenvalue weighted by Gasteiger charge is -2.27. The summed E-state index contributed by atoms with van der Waals surface area (Å²) in [5.74, 6) is 0.806. The first kappa shape index (κ1) is 14.0. The van der Waals surface area contributed by atoms with Gasteiger partial charge < -0.3 is 19.1 Å². The molecular formula is C13H16ClNO4. The van der Waals surface area contributed by atoms with Crippen LogP contribution in [0.3, 0.4) is 0 Å². The summed E-state index contributed by atoms with van der Waals surface area (Å²) in [7, 11) is 3.02. The van der Waals surface area contributed by atoms with E-state index in [1.165, 1.54) is 14.2 Å². The van der Waals surface area contributed by atoms with Gasteiger partial charge in [0.2, 0.25) is 0 Å². The van der Waals surface area contributed by atoms with E-state index < -0.39 is 0 Å². The van der Waals surface area contributed by atoms with Crippen LogP contribution in [-0.2, 0) is 4.74 Å². The summed E-state index contributed by atoms with van der Waals surface area (Å²) < 4.78 is 15.6. The molecule has 0 unspecified atom stereocenters. The molecule has 19 heavy (non-hydrogen) atoms. The highest BCUT2D eigenvalue weighted by molar-refractivity contribution is 6.32. The Morgan fingerprint density at radius 1 is 1.26 bits per heavy atom. The molecule has 6 heteroatoms. The molecule has 0 aliphatic carbocycles. The summed E-state index contributed by atoms with van der Waals surface area (Å²) in [6.07, 6.45) is 0. The highest BCUT2D eigenvalue weighted by Gasteiger charge is 2.21. The molecular weight excluding hydrogens is 270 g/mol. The Hall–Kier alpha value is -1.46. The van der Waals surface area contributed by atoms with Gasteiger partial charge in [-0.3, -0.25) is 4.79 Å². The molecule has 0 bridgehead atoms. The SMILES string of the molecule is COc1cc(C(=O)N2CCOCC2)cc(Cl)c1OC. The molecule has 1 aromatic carbocycles. The summed E-state index contributed by atoms with van der Waals surface area (Å²) in [4.78, 5) is 14.1. The molecule has 1 aliphatic heterocycles. The van der Waals surface area contributed by atoms with E-state index in [1.807, 2.05) is 0 Å². The maximum absolute atomic E-state index is 12.3. The van der Waals surface area contributed by atoms with Crippen molar-refractivity contribution in [1.82, 2.24) is 4.90 Å². The van der Waals surface area contributed by atoms with Gasteiger partial charge in [-0.1, -0.05) is 11.6 Å². The van der Waals surface area contributed by atoms with E-state index in [0.717, 1.165) is 0 Å². The Morgan fingerprint density at radius 3 is 2.53 bits per heavy atom. The number of ether oxygens (including phenoxy) is 3. The molecule has 0 spiro atoms. The molecule has 1 aromatic rings. The van der Waals surface area contributed by atoms with Crippen LogP contribution in [0.5, 0.6) is 11.5 Å². The second-order valence-electron chi connectivity index (χ2n) is 4.10. The van der Waals surface area contributed by atoms with Crippen LogP contribution in [0.2, 0.25) is 5.02 Å². The summed E-state index contributed by atoms with van der Waals surface area (Å²) in [5.41, 5.74) is 0.490. The van der Waals surface area contributed by atoms with Crippen LogP contribution in [-0.4, -0.2) is 51.3 Å². The predicted molar refractivity (Wildman–Crippen MR) is 71.3 cm³/mol. The van der Waals surface area contributed by atoms with Crippen LogP contribution < -0.4 is 9.47 Å². The predicted octanol–water partition coefficient (Wildman–Crippen LogP) is 1.83. The van der Waals surface area contributed by atoms with Gasteiger partial charge in [-0.05, 0) is 12.1 Å². The molecule has 1 heterocycles. The van der Waals surface area contributed by atoms with Crippen LogP contribution >= 0.6 is 11.6 Å². The normalized spacial score (nSPS) is 15.2. The minimum atomic E-state index is -0.0776. The van der Waals surface area contributed by atoms with E-state index in [1.54, 1.807) is 17.0 Å². The molecule has 5 nitrogen and oxygen atoms in total. The lowest BCUT2D eigenvalue weighted by molar-refractivity contribution is 0.0302.